The molecule has 0 aliphatic heterocycles. The van der Waals surface area contributed by atoms with Crippen molar-refractivity contribution < 1.29 is 9.90 Å². The molecular formula is C14H24N2O2S. The molecule has 0 spiro atoms. The van der Waals surface area contributed by atoms with Crippen molar-refractivity contribution in [1.82, 2.24) is 10.3 Å². The molecule has 108 valence electrons. The average molecular weight is 284 g/mol. The zero-order valence-corrected chi connectivity index (χ0v) is 12.8. The zero-order valence-electron chi connectivity index (χ0n) is 12.0. The molecule has 1 amide bonds. The van der Waals surface area contributed by atoms with Crippen molar-refractivity contribution in [1.29, 1.82) is 0 Å². The van der Waals surface area contributed by atoms with E-state index in [1.807, 2.05) is 19.2 Å². The van der Waals surface area contributed by atoms with Gasteiger partial charge in [0, 0.05) is 17.3 Å². The van der Waals surface area contributed by atoms with E-state index in [0.29, 0.717) is 13.0 Å². The van der Waals surface area contributed by atoms with Crippen LogP contribution in [-0.2, 0) is 17.6 Å². The van der Waals surface area contributed by atoms with Gasteiger partial charge in [-0.25, -0.2) is 4.98 Å². The molecule has 1 aromatic rings. The van der Waals surface area contributed by atoms with Gasteiger partial charge in [0.05, 0.1) is 23.7 Å². The van der Waals surface area contributed by atoms with Gasteiger partial charge in [0.15, 0.2) is 0 Å². The summed E-state index contributed by atoms with van der Waals surface area (Å²) in [6, 6.07) is 0. The van der Waals surface area contributed by atoms with Crippen molar-refractivity contribution in [2.24, 2.45) is 5.41 Å². The van der Waals surface area contributed by atoms with Gasteiger partial charge in [-0.15, -0.1) is 11.3 Å². The number of thiazole rings is 1. The Labute approximate surface area is 119 Å². The normalized spacial score (nSPS) is 11.6. The summed E-state index contributed by atoms with van der Waals surface area (Å²) in [7, 11) is 0. The highest BCUT2D eigenvalue weighted by atomic mass is 32.1. The molecule has 0 atom stereocenters. The van der Waals surface area contributed by atoms with Crippen LogP contribution in [0.3, 0.4) is 0 Å². The number of aryl methyl sites for hydroxylation is 1. The maximum absolute atomic E-state index is 11.9. The van der Waals surface area contributed by atoms with Crippen molar-refractivity contribution >= 4 is 17.2 Å². The molecule has 0 radical (unpaired) electrons. The number of hydrogen-bond donors (Lipinski definition) is 2. The Balaban J connectivity index is 2.47. The van der Waals surface area contributed by atoms with Gasteiger partial charge in [0.2, 0.25) is 5.91 Å². The lowest BCUT2D eigenvalue weighted by Crippen LogP contribution is -2.40. The number of aliphatic hydroxyl groups is 1. The minimum atomic E-state index is -0.188. The van der Waals surface area contributed by atoms with Gasteiger partial charge in [-0.2, -0.15) is 0 Å². The van der Waals surface area contributed by atoms with Gasteiger partial charge in [-0.3, -0.25) is 4.79 Å². The number of aromatic nitrogens is 1. The van der Waals surface area contributed by atoms with E-state index in [2.05, 4.69) is 17.2 Å². The van der Waals surface area contributed by atoms with Crippen molar-refractivity contribution in [2.75, 3.05) is 13.2 Å². The lowest BCUT2D eigenvalue weighted by molar-refractivity contribution is -0.121. The Morgan fingerprint density at radius 2 is 2.11 bits per heavy atom. The van der Waals surface area contributed by atoms with Gasteiger partial charge in [-0.05, 0) is 19.3 Å². The second-order valence-electron chi connectivity index (χ2n) is 4.90. The van der Waals surface area contributed by atoms with Crippen molar-refractivity contribution in [3.05, 3.63) is 16.1 Å². The highest BCUT2D eigenvalue weighted by molar-refractivity contribution is 7.09. The largest absolute Gasteiger partial charge is 0.396 e. The Morgan fingerprint density at radius 3 is 2.58 bits per heavy atom. The molecule has 1 heterocycles. The molecule has 0 saturated carbocycles. The number of nitrogens with one attached hydrogen (secondary N) is 1. The van der Waals surface area contributed by atoms with E-state index in [-0.39, 0.29) is 17.9 Å². The number of rotatable bonds is 8. The first-order valence-corrected chi connectivity index (χ1v) is 7.78. The molecule has 1 rings (SSSR count). The van der Waals surface area contributed by atoms with Crippen LogP contribution in [0, 0.1) is 5.41 Å². The Morgan fingerprint density at radius 1 is 1.42 bits per heavy atom. The second-order valence-corrected chi connectivity index (χ2v) is 5.85. The third-order valence-electron chi connectivity index (χ3n) is 3.74. The molecule has 0 bridgehead atoms. The summed E-state index contributed by atoms with van der Waals surface area (Å²) in [6.45, 7) is 6.78. The van der Waals surface area contributed by atoms with Crippen molar-refractivity contribution in [2.45, 2.75) is 46.5 Å². The highest BCUT2D eigenvalue weighted by Crippen LogP contribution is 2.24. The minimum Gasteiger partial charge on any atom is -0.396 e. The summed E-state index contributed by atoms with van der Waals surface area (Å²) in [6.07, 6.45) is 2.95. The maximum atomic E-state index is 11.9. The van der Waals surface area contributed by atoms with Crippen LogP contribution in [0.1, 0.15) is 44.3 Å². The predicted molar refractivity (Wildman–Crippen MR) is 78.3 cm³/mol. The summed E-state index contributed by atoms with van der Waals surface area (Å²) in [5, 5.41) is 15.4. The number of carbonyl (C=O) groups is 1. The van der Waals surface area contributed by atoms with Crippen LogP contribution in [-0.4, -0.2) is 29.1 Å². The quantitative estimate of drug-likeness (QED) is 0.769. The fraction of sp³-hybridized carbons (Fsp3) is 0.714. The number of nitrogens with zero attached hydrogens (tertiary/aromatic N) is 1. The number of carbonyl (C=O) groups excluding carboxylic acids is 1. The van der Waals surface area contributed by atoms with E-state index < -0.39 is 0 Å². The molecule has 0 fully saturated rings. The molecule has 4 nitrogen and oxygen atoms in total. The second kappa shape index (κ2) is 7.60. The van der Waals surface area contributed by atoms with E-state index in [4.69, 9.17) is 0 Å². The topological polar surface area (TPSA) is 62.2 Å². The molecule has 19 heavy (non-hydrogen) atoms. The molecule has 5 heteroatoms. The van der Waals surface area contributed by atoms with Crippen molar-refractivity contribution in [3.63, 3.8) is 0 Å². The summed E-state index contributed by atoms with van der Waals surface area (Å²) >= 11 is 1.60. The lowest BCUT2D eigenvalue weighted by Gasteiger charge is -2.29. The van der Waals surface area contributed by atoms with Crippen LogP contribution < -0.4 is 5.32 Å². The van der Waals surface area contributed by atoms with E-state index in [1.54, 1.807) is 11.3 Å². The minimum absolute atomic E-state index is 0.0207. The van der Waals surface area contributed by atoms with Gasteiger partial charge < -0.3 is 10.4 Å². The molecule has 0 unspecified atom stereocenters. The molecule has 0 saturated heterocycles. The third-order valence-corrected chi connectivity index (χ3v) is 4.78. The van der Waals surface area contributed by atoms with Crippen LogP contribution in [0.25, 0.3) is 0 Å². The first-order chi connectivity index (χ1) is 9.09. The van der Waals surface area contributed by atoms with Crippen LogP contribution >= 0.6 is 11.3 Å². The van der Waals surface area contributed by atoms with Gasteiger partial charge in [-0.1, -0.05) is 20.8 Å². The third kappa shape index (κ3) is 4.58. The Bertz CT molecular complexity index is 392. The zero-order chi connectivity index (χ0) is 14.3. The smallest absolute Gasteiger partial charge is 0.226 e. The monoisotopic (exact) mass is 284 g/mol. The molecule has 1 aromatic heterocycles. The van der Waals surface area contributed by atoms with Crippen LogP contribution in [0.4, 0.5) is 0 Å². The molecule has 2 N–H and O–H groups in total. The fourth-order valence-corrected chi connectivity index (χ4v) is 2.63. The van der Waals surface area contributed by atoms with Crippen LogP contribution in [0.15, 0.2) is 5.38 Å². The van der Waals surface area contributed by atoms with E-state index in [1.165, 1.54) is 0 Å². The fourth-order valence-electron chi connectivity index (χ4n) is 1.89. The first-order valence-electron chi connectivity index (χ1n) is 6.90. The van der Waals surface area contributed by atoms with E-state index >= 15 is 0 Å². The molecule has 0 aromatic carbocycles. The van der Waals surface area contributed by atoms with E-state index in [9.17, 15) is 9.90 Å². The maximum Gasteiger partial charge on any atom is 0.226 e. The standard InChI is InChI=1S/C14H24N2O2S/c1-4-13-16-11(8-19-13)7-12(18)15-9-14(5-2,6-3)10-17/h8,17H,4-7,9-10H2,1-3H3,(H,15,18). The SMILES string of the molecule is CCc1nc(CC(=O)NCC(CC)(CC)CO)cs1. The summed E-state index contributed by atoms with van der Waals surface area (Å²) < 4.78 is 0. The number of amides is 1. The Kier molecular flexibility index (Phi) is 6.45. The Hall–Kier alpha value is -0.940. The average Bonchev–Trinajstić information content (AvgIpc) is 2.88. The van der Waals surface area contributed by atoms with Crippen molar-refractivity contribution in [3.8, 4) is 0 Å². The summed E-state index contributed by atoms with van der Waals surface area (Å²) in [5.41, 5.74) is 0.647. The predicted octanol–water partition coefficient (Wildman–Crippen LogP) is 2.16. The highest BCUT2D eigenvalue weighted by Gasteiger charge is 2.25. The van der Waals surface area contributed by atoms with E-state index in [0.717, 1.165) is 30.0 Å². The number of aliphatic hydroxyl groups excluding tert-OH is 1. The number of hydrogen-bond acceptors (Lipinski definition) is 4. The summed E-state index contributed by atoms with van der Waals surface area (Å²) in [4.78, 5) is 16.3. The molecule has 0 aliphatic rings. The van der Waals surface area contributed by atoms with Crippen LogP contribution in [0.2, 0.25) is 0 Å². The summed E-state index contributed by atoms with van der Waals surface area (Å²) in [5.74, 6) is -0.0207. The lowest BCUT2D eigenvalue weighted by atomic mass is 9.83. The van der Waals surface area contributed by atoms with Gasteiger partial charge in [0.25, 0.3) is 0 Å². The van der Waals surface area contributed by atoms with Gasteiger partial charge >= 0.3 is 0 Å². The van der Waals surface area contributed by atoms with Crippen LogP contribution in [0.5, 0.6) is 0 Å². The van der Waals surface area contributed by atoms with Gasteiger partial charge in [0.1, 0.15) is 0 Å². The first kappa shape index (κ1) is 16.1. The molecular weight excluding hydrogens is 260 g/mol. The molecule has 0 aliphatic carbocycles.